The van der Waals surface area contributed by atoms with E-state index in [9.17, 15) is 0 Å². The summed E-state index contributed by atoms with van der Waals surface area (Å²) in [5.74, 6) is 1.54. The van der Waals surface area contributed by atoms with Crippen molar-refractivity contribution in [2.24, 2.45) is 5.41 Å². The standard InChI is InChI=1S/C18H19IN6/c1-12-14-9-20-5-2-13(14)8-18(12)3-6-24(7-4-18)17-21-10-15(19)16-23-22-11-25(16)17/h2,5,9-12H,3-4,6-8H2,1H3/t12-/m1/s1. The zero-order valence-electron chi connectivity index (χ0n) is 14.1. The van der Waals surface area contributed by atoms with Crippen molar-refractivity contribution < 1.29 is 0 Å². The molecule has 25 heavy (non-hydrogen) atoms. The molecule has 0 unspecified atom stereocenters. The smallest absolute Gasteiger partial charge is 0.212 e. The van der Waals surface area contributed by atoms with E-state index in [-0.39, 0.29) is 0 Å². The van der Waals surface area contributed by atoms with Gasteiger partial charge in [-0.05, 0) is 70.4 Å². The van der Waals surface area contributed by atoms with Gasteiger partial charge in [-0.15, -0.1) is 10.2 Å². The number of halogens is 1. The first-order valence-corrected chi connectivity index (χ1v) is 9.78. The van der Waals surface area contributed by atoms with Gasteiger partial charge in [-0.3, -0.25) is 9.38 Å². The first-order chi connectivity index (χ1) is 12.2. The van der Waals surface area contributed by atoms with Crippen LogP contribution < -0.4 is 4.90 Å². The Balaban J connectivity index is 1.42. The molecule has 3 aromatic rings. The molecule has 6 nitrogen and oxygen atoms in total. The van der Waals surface area contributed by atoms with E-state index in [2.05, 4.69) is 66.8 Å². The summed E-state index contributed by atoms with van der Waals surface area (Å²) < 4.78 is 3.04. The molecule has 0 bridgehead atoms. The predicted molar refractivity (Wildman–Crippen MR) is 104 cm³/mol. The van der Waals surface area contributed by atoms with Crippen molar-refractivity contribution in [3.05, 3.63) is 45.7 Å². The summed E-state index contributed by atoms with van der Waals surface area (Å²) in [7, 11) is 0. The van der Waals surface area contributed by atoms with Crippen molar-refractivity contribution in [3.63, 3.8) is 0 Å². The lowest BCUT2D eigenvalue weighted by atomic mass is 9.70. The largest absolute Gasteiger partial charge is 0.342 e. The Morgan fingerprint density at radius 1 is 1.24 bits per heavy atom. The highest BCUT2D eigenvalue weighted by atomic mass is 127. The molecule has 3 aromatic heterocycles. The van der Waals surface area contributed by atoms with E-state index in [4.69, 9.17) is 0 Å². The Hall–Kier alpha value is -1.77. The number of hydrogen-bond donors (Lipinski definition) is 0. The molecule has 1 atom stereocenters. The topological polar surface area (TPSA) is 59.2 Å². The summed E-state index contributed by atoms with van der Waals surface area (Å²) in [6.45, 7) is 4.42. The Bertz CT molecular complexity index is 944. The third kappa shape index (κ3) is 2.28. The average molecular weight is 446 g/mol. The lowest BCUT2D eigenvalue weighted by Gasteiger charge is -2.42. The van der Waals surface area contributed by atoms with Crippen molar-refractivity contribution >= 4 is 34.2 Å². The third-order valence-corrected chi connectivity index (χ3v) is 6.95. The molecule has 5 rings (SSSR count). The number of piperidine rings is 1. The molecule has 1 fully saturated rings. The number of rotatable bonds is 1. The van der Waals surface area contributed by atoms with Gasteiger partial charge in [0, 0.05) is 31.7 Å². The van der Waals surface area contributed by atoms with Crippen molar-refractivity contribution in [1.29, 1.82) is 0 Å². The monoisotopic (exact) mass is 446 g/mol. The van der Waals surface area contributed by atoms with Crippen LogP contribution in [0.2, 0.25) is 0 Å². The predicted octanol–water partition coefficient (Wildman–Crippen LogP) is 3.07. The van der Waals surface area contributed by atoms with E-state index in [0.29, 0.717) is 11.3 Å². The Labute approximate surface area is 159 Å². The molecule has 4 heterocycles. The molecule has 0 aromatic carbocycles. The molecule has 128 valence electrons. The summed E-state index contributed by atoms with van der Waals surface area (Å²) in [5, 5.41) is 8.28. The van der Waals surface area contributed by atoms with Crippen LogP contribution in [0.5, 0.6) is 0 Å². The number of aromatic nitrogens is 5. The van der Waals surface area contributed by atoms with Crippen molar-refractivity contribution in [2.45, 2.75) is 32.1 Å². The molecule has 1 spiro atoms. The van der Waals surface area contributed by atoms with Crippen LogP contribution in [-0.2, 0) is 6.42 Å². The minimum atomic E-state index is 0.372. The maximum Gasteiger partial charge on any atom is 0.212 e. The van der Waals surface area contributed by atoms with E-state index in [0.717, 1.165) is 28.3 Å². The summed E-state index contributed by atoms with van der Waals surface area (Å²) >= 11 is 2.26. The van der Waals surface area contributed by atoms with Gasteiger partial charge in [-0.25, -0.2) is 4.98 Å². The van der Waals surface area contributed by atoms with E-state index < -0.39 is 0 Å². The van der Waals surface area contributed by atoms with Crippen LogP contribution in [0, 0.1) is 8.99 Å². The van der Waals surface area contributed by atoms with Crippen molar-refractivity contribution in [2.75, 3.05) is 18.0 Å². The zero-order valence-corrected chi connectivity index (χ0v) is 16.2. The van der Waals surface area contributed by atoms with E-state index in [1.165, 1.54) is 30.4 Å². The molecule has 0 radical (unpaired) electrons. The highest BCUT2D eigenvalue weighted by Crippen LogP contribution is 2.52. The fourth-order valence-electron chi connectivity index (χ4n) is 4.62. The maximum absolute atomic E-state index is 4.67. The van der Waals surface area contributed by atoms with Crippen LogP contribution in [0.3, 0.4) is 0 Å². The quantitative estimate of drug-likeness (QED) is 0.538. The Morgan fingerprint density at radius 2 is 2.08 bits per heavy atom. The molecular weight excluding hydrogens is 427 g/mol. The first-order valence-electron chi connectivity index (χ1n) is 8.70. The van der Waals surface area contributed by atoms with Crippen LogP contribution in [0.15, 0.2) is 31.0 Å². The van der Waals surface area contributed by atoms with Gasteiger partial charge in [0.25, 0.3) is 0 Å². The lowest BCUT2D eigenvalue weighted by molar-refractivity contribution is 0.193. The number of hydrogen-bond acceptors (Lipinski definition) is 5. The van der Waals surface area contributed by atoms with Gasteiger partial charge >= 0.3 is 0 Å². The van der Waals surface area contributed by atoms with Gasteiger partial charge in [0.2, 0.25) is 5.95 Å². The normalized spacial score (nSPS) is 21.8. The fourth-order valence-corrected chi connectivity index (χ4v) is 5.13. The SMILES string of the molecule is C[C@@H]1c2cnccc2CC12CCN(c1ncc(I)c3nncn13)CC2. The Kier molecular flexibility index (Phi) is 3.48. The molecule has 1 saturated heterocycles. The van der Waals surface area contributed by atoms with Crippen molar-refractivity contribution in [3.8, 4) is 0 Å². The Morgan fingerprint density at radius 3 is 2.88 bits per heavy atom. The lowest BCUT2D eigenvalue weighted by Crippen LogP contribution is -2.42. The number of pyridine rings is 1. The molecule has 2 aliphatic rings. The van der Waals surface area contributed by atoms with Crippen LogP contribution in [-0.4, -0.2) is 37.7 Å². The first kappa shape index (κ1) is 15.5. The summed E-state index contributed by atoms with van der Waals surface area (Å²) in [6.07, 6.45) is 11.2. The minimum absolute atomic E-state index is 0.372. The fraction of sp³-hybridized carbons (Fsp3) is 0.444. The average Bonchev–Trinajstić information content (AvgIpc) is 3.22. The van der Waals surface area contributed by atoms with Gasteiger partial charge < -0.3 is 4.90 Å². The molecule has 1 aliphatic heterocycles. The second-order valence-corrected chi connectivity index (χ2v) is 8.42. The second-order valence-electron chi connectivity index (χ2n) is 7.25. The molecule has 0 N–H and O–H groups in total. The van der Waals surface area contributed by atoms with Crippen LogP contribution in [0.25, 0.3) is 5.65 Å². The number of fused-ring (bicyclic) bond motifs is 2. The summed E-state index contributed by atoms with van der Waals surface area (Å²) in [5.41, 5.74) is 4.20. The van der Waals surface area contributed by atoms with Gasteiger partial charge in [0.1, 0.15) is 6.33 Å². The number of nitrogens with zero attached hydrogens (tertiary/aromatic N) is 6. The summed E-state index contributed by atoms with van der Waals surface area (Å²) in [4.78, 5) is 11.4. The molecule has 0 amide bonds. The third-order valence-electron chi connectivity index (χ3n) is 6.19. The van der Waals surface area contributed by atoms with Crippen LogP contribution in [0.4, 0.5) is 5.95 Å². The minimum Gasteiger partial charge on any atom is -0.342 e. The van der Waals surface area contributed by atoms with Crippen molar-refractivity contribution in [1.82, 2.24) is 24.6 Å². The van der Waals surface area contributed by atoms with Gasteiger partial charge in [0.15, 0.2) is 5.65 Å². The highest BCUT2D eigenvalue weighted by Gasteiger charge is 2.45. The van der Waals surface area contributed by atoms with Gasteiger partial charge in [-0.1, -0.05) is 6.92 Å². The van der Waals surface area contributed by atoms with Gasteiger partial charge in [0.05, 0.1) is 3.57 Å². The van der Waals surface area contributed by atoms with Crippen LogP contribution >= 0.6 is 22.6 Å². The zero-order chi connectivity index (χ0) is 17.0. The molecule has 7 heteroatoms. The maximum atomic E-state index is 4.67. The molecular formula is C18H19IN6. The van der Waals surface area contributed by atoms with E-state index >= 15 is 0 Å². The highest BCUT2D eigenvalue weighted by molar-refractivity contribution is 14.1. The number of anilines is 1. The van der Waals surface area contributed by atoms with E-state index in [1.807, 2.05) is 16.8 Å². The second kappa shape index (κ2) is 5.62. The van der Waals surface area contributed by atoms with Crippen LogP contribution in [0.1, 0.15) is 36.8 Å². The summed E-state index contributed by atoms with van der Waals surface area (Å²) in [6, 6.07) is 2.20. The molecule has 1 aliphatic carbocycles. The van der Waals surface area contributed by atoms with E-state index in [1.54, 1.807) is 6.33 Å². The van der Waals surface area contributed by atoms with Gasteiger partial charge in [-0.2, -0.15) is 0 Å². The molecule has 0 saturated carbocycles.